The Balaban J connectivity index is 1.80. The fourth-order valence-electron chi connectivity index (χ4n) is 2.89. The summed E-state index contributed by atoms with van der Waals surface area (Å²) in [4.78, 5) is 0. The Kier molecular flexibility index (Phi) is 6.41. The number of ether oxygens (including phenoxy) is 3. The van der Waals surface area contributed by atoms with Crippen molar-refractivity contribution >= 4 is 11.8 Å². The van der Waals surface area contributed by atoms with Crippen molar-refractivity contribution < 1.29 is 14.2 Å². The molecule has 3 aromatic rings. The van der Waals surface area contributed by atoms with Gasteiger partial charge in [-0.3, -0.25) is 0 Å². The molecule has 0 atom stereocenters. The van der Waals surface area contributed by atoms with Gasteiger partial charge in [-0.05, 0) is 49.2 Å². The van der Waals surface area contributed by atoms with Crippen LogP contribution in [-0.2, 0) is 5.75 Å². The zero-order valence-corrected chi connectivity index (χ0v) is 17.6. The molecule has 0 aliphatic heterocycles. The Morgan fingerprint density at radius 3 is 2.11 bits per heavy atom. The van der Waals surface area contributed by atoms with E-state index in [0.717, 1.165) is 22.0 Å². The second-order valence-electron chi connectivity index (χ2n) is 6.39. The highest BCUT2D eigenvalue weighted by Crippen LogP contribution is 2.40. The Morgan fingerprint density at radius 2 is 1.54 bits per heavy atom. The van der Waals surface area contributed by atoms with Crippen LogP contribution in [0.2, 0.25) is 0 Å². The number of thioether (sulfide) groups is 1. The summed E-state index contributed by atoms with van der Waals surface area (Å²) in [6.07, 6.45) is 0. The maximum absolute atomic E-state index is 5.42. The second kappa shape index (κ2) is 8.97. The predicted molar refractivity (Wildman–Crippen MR) is 113 cm³/mol. The van der Waals surface area contributed by atoms with Crippen LogP contribution in [0.5, 0.6) is 17.2 Å². The van der Waals surface area contributed by atoms with Gasteiger partial charge in [-0.15, -0.1) is 10.2 Å². The SMILES string of the molecule is COc1cc(-c2ccc(SCc3cc(C)ccc3C)nn2)cc(OC)c1OC. The molecular weight excluding hydrogens is 372 g/mol. The van der Waals surface area contributed by atoms with Gasteiger partial charge in [0.1, 0.15) is 5.03 Å². The minimum absolute atomic E-state index is 0.558. The molecule has 1 aromatic heterocycles. The number of benzene rings is 2. The molecule has 0 amide bonds. The quantitative estimate of drug-likeness (QED) is 0.519. The lowest BCUT2D eigenvalue weighted by Crippen LogP contribution is -1.97. The topological polar surface area (TPSA) is 53.5 Å². The van der Waals surface area contributed by atoms with E-state index >= 15 is 0 Å². The molecule has 2 aromatic carbocycles. The average molecular weight is 397 g/mol. The van der Waals surface area contributed by atoms with E-state index in [1.165, 1.54) is 16.7 Å². The van der Waals surface area contributed by atoms with Crippen molar-refractivity contribution in [1.82, 2.24) is 10.2 Å². The summed E-state index contributed by atoms with van der Waals surface area (Å²) in [7, 11) is 4.78. The maximum Gasteiger partial charge on any atom is 0.203 e. The van der Waals surface area contributed by atoms with Crippen molar-refractivity contribution in [1.29, 1.82) is 0 Å². The Hall–Kier alpha value is -2.73. The van der Waals surface area contributed by atoms with E-state index < -0.39 is 0 Å². The van der Waals surface area contributed by atoms with E-state index in [1.807, 2.05) is 24.3 Å². The lowest BCUT2D eigenvalue weighted by atomic mass is 10.1. The van der Waals surface area contributed by atoms with Crippen molar-refractivity contribution in [3.05, 3.63) is 59.2 Å². The third-order valence-corrected chi connectivity index (χ3v) is 5.45. The lowest BCUT2D eigenvalue weighted by Gasteiger charge is -2.13. The summed E-state index contributed by atoms with van der Waals surface area (Å²) in [5, 5.41) is 9.65. The molecule has 3 rings (SSSR count). The van der Waals surface area contributed by atoms with Crippen molar-refractivity contribution in [3.63, 3.8) is 0 Å². The zero-order valence-electron chi connectivity index (χ0n) is 16.8. The minimum atomic E-state index is 0.558. The summed E-state index contributed by atoms with van der Waals surface area (Å²) in [5.41, 5.74) is 5.48. The molecule has 6 heteroatoms. The van der Waals surface area contributed by atoms with Gasteiger partial charge in [0.2, 0.25) is 5.75 Å². The molecule has 0 N–H and O–H groups in total. The van der Waals surface area contributed by atoms with Gasteiger partial charge in [0.25, 0.3) is 0 Å². The van der Waals surface area contributed by atoms with Crippen LogP contribution in [0.15, 0.2) is 47.5 Å². The van der Waals surface area contributed by atoms with E-state index in [-0.39, 0.29) is 0 Å². The van der Waals surface area contributed by atoms with Gasteiger partial charge in [0.15, 0.2) is 11.5 Å². The summed E-state index contributed by atoms with van der Waals surface area (Å²) in [6.45, 7) is 4.24. The van der Waals surface area contributed by atoms with Gasteiger partial charge in [-0.2, -0.15) is 0 Å². The third kappa shape index (κ3) is 4.39. The first-order valence-electron chi connectivity index (χ1n) is 8.88. The zero-order chi connectivity index (χ0) is 20.1. The molecule has 0 bridgehead atoms. The smallest absolute Gasteiger partial charge is 0.203 e. The Bertz CT molecular complexity index is 933. The summed E-state index contributed by atoms with van der Waals surface area (Å²) in [5.74, 6) is 2.60. The number of rotatable bonds is 7. The molecule has 0 aliphatic rings. The first-order valence-corrected chi connectivity index (χ1v) is 9.87. The number of aromatic nitrogens is 2. The van der Waals surface area contributed by atoms with E-state index in [2.05, 4.69) is 42.2 Å². The Labute approximate surface area is 170 Å². The highest BCUT2D eigenvalue weighted by Gasteiger charge is 2.15. The molecule has 1 heterocycles. The van der Waals surface area contributed by atoms with Gasteiger partial charge in [-0.1, -0.05) is 35.5 Å². The van der Waals surface area contributed by atoms with Gasteiger partial charge in [0, 0.05) is 11.3 Å². The first kappa shape index (κ1) is 20.0. The van der Waals surface area contributed by atoms with Crippen molar-refractivity contribution in [2.24, 2.45) is 0 Å². The summed E-state index contributed by atoms with van der Waals surface area (Å²) < 4.78 is 16.2. The fraction of sp³-hybridized carbons (Fsp3) is 0.273. The fourth-order valence-corrected chi connectivity index (χ4v) is 3.76. The van der Waals surface area contributed by atoms with Gasteiger partial charge >= 0.3 is 0 Å². The van der Waals surface area contributed by atoms with Crippen LogP contribution in [0.1, 0.15) is 16.7 Å². The maximum atomic E-state index is 5.42. The van der Waals surface area contributed by atoms with E-state index in [4.69, 9.17) is 14.2 Å². The van der Waals surface area contributed by atoms with Crippen molar-refractivity contribution in [3.8, 4) is 28.5 Å². The molecule has 0 saturated heterocycles. The molecule has 0 radical (unpaired) electrons. The number of methoxy groups -OCH3 is 3. The summed E-state index contributed by atoms with van der Waals surface area (Å²) >= 11 is 1.68. The average Bonchev–Trinajstić information content (AvgIpc) is 2.73. The molecule has 0 spiro atoms. The van der Waals surface area contributed by atoms with Crippen LogP contribution in [0.25, 0.3) is 11.3 Å². The molecule has 0 saturated carbocycles. The van der Waals surface area contributed by atoms with Gasteiger partial charge in [0.05, 0.1) is 27.0 Å². The normalized spacial score (nSPS) is 10.6. The third-order valence-electron chi connectivity index (χ3n) is 4.48. The Morgan fingerprint density at radius 1 is 0.821 bits per heavy atom. The van der Waals surface area contributed by atoms with Gasteiger partial charge in [-0.25, -0.2) is 0 Å². The lowest BCUT2D eigenvalue weighted by molar-refractivity contribution is 0.324. The molecule has 5 nitrogen and oxygen atoms in total. The molecule has 146 valence electrons. The number of nitrogens with zero attached hydrogens (tertiary/aromatic N) is 2. The van der Waals surface area contributed by atoms with Crippen LogP contribution in [-0.4, -0.2) is 31.5 Å². The number of hydrogen-bond donors (Lipinski definition) is 0. The van der Waals surface area contributed by atoms with Crippen LogP contribution in [0.4, 0.5) is 0 Å². The standard InChI is InChI=1S/C22H24N2O3S/c1-14-6-7-15(2)17(10-14)13-28-21-9-8-18(23-24-21)16-11-19(25-3)22(27-5)20(12-16)26-4/h6-12H,13H2,1-5H3. The van der Waals surface area contributed by atoms with Gasteiger partial charge < -0.3 is 14.2 Å². The highest BCUT2D eigenvalue weighted by molar-refractivity contribution is 7.98. The van der Waals surface area contributed by atoms with E-state index in [0.29, 0.717) is 17.2 Å². The predicted octanol–water partition coefficient (Wildman–Crippen LogP) is 5.08. The van der Waals surface area contributed by atoms with Crippen LogP contribution in [0.3, 0.4) is 0 Å². The summed E-state index contributed by atoms with van der Waals surface area (Å²) in [6, 6.07) is 14.2. The molecule has 0 unspecified atom stereocenters. The van der Waals surface area contributed by atoms with Crippen LogP contribution in [0, 0.1) is 13.8 Å². The first-order chi connectivity index (χ1) is 13.5. The van der Waals surface area contributed by atoms with Crippen molar-refractivity contribution in [2.75, 3.05) is 21.3 Å². The number of aryl methyl sites for hydroxylation is 2. The monoisotopic (exact) mass is 396 g/mol. The number of hydrogen-bond acceptors (Lipinski definition) is 6. The van der Waals surface area contributed by atoms with E-state index in [9.17, 15) is 0 Å². The molecule has 0 aliphatic carbocycles. The minimum Gasteiger partial charge on any atom is -0.493 e. The van der Waals surface area contributed by atoms with Crippen LogP contribution < -0.4 is 14.2 Å². The van der Waals surface area contributed by atoms with Crippen LogP contribution >= 0.6 is 11.8 Å². The van der Waals surface area contributed by atoms with E-state index in [1.54, 1.807) is 33.1 Å². The largest absolute Gasteiger partial charge is 0.493 e. The highest BCUT2D eigenvalue weighted by atomic mass is 32.2. The molecule has 28 heavy (non-hydrogen) atoms. The molecular formula is C22H24N2O3S. The molecule has 0 fully saturated rings. The van der Waals surface area contributed by atoms with Crippen molar-refractivity contribution in [2.45, 2.75) is 24.6 Å². The second-order valence-corrected chi connectivity index (χ2v) is 7.39.